The lowest BCUT2D eigenvalue weighted by Gasteiger charge is -1.98. The maximum atomic E-state index is 4.28. The van der Waals surface area contributed by atoms with Crippen molar-refractivity contribution in [2.24, 2.45) is 0 Å². The van der Waals surface area contributed by atoms with Crippen LogP contribution < -0.4 is 0 Å². The zero-order chi connectivity index (χ0) is 9.26. The van der Waals surface area contributed by atoms with Crippen LogP contribution in [0.15, 0.2) is 29.4 Å². The molecule has 2 aromatic rings. The number of thiol groups is 1. The van der Waals surface area contributed by atoms with E-state index in [0.717, 1.165) is 14.0 Å². The lowest BCUT2D eigenvalue weighted by atomic mass is 10.2. The molecule has 1 heterocycles. The van der Waals surface area contributed by atoms with Crippen molar-refractivity contribution in [3.05, 3.63) is 28.1 Å². The van der Waals surface area contributed by atoms with Crippen molar-refractivity contribution in [3.8, 4) is 11.4 Å². The summed E-state index contributed by atoms with van der Waals surface area (Å²) in [5.74, 6) is 0.703. The molecule has 0 saturated heterocycles. The van der Waals surface area contributed by atoms with Crippen LogP contribution in [0.5, 0.6) is 0 Å². The first-order valence-corrected chi connectivity index (χ1v) is 5.14. The van der Waals surface area contributed by atoms with Gasteiger partial charge in [-0.15, -0.1) is 12.6 Å². The van der Waals surface area contributed by atoms with Crippen LogP contribution in [0.4, 0.5) is 0 Å². The van der Waals surface area contributed by atoms with Crippen LogP contribution in [0.25, 0.3) is 11.4 Å². The number of hydrogen-bond acceptors (Lipinski definition) is 3. The van der Waals surface area contributed by atoms with Gasteiger partial charge in [-0.3, -0.25) is 5.10 Å². The van der Waals surface area contributed by atoms with Crippen molar-refractivity contribution < 1.29 is 0 Å². The first-order valence-electron chi connectivity index (χ1n) is 3.61. The molecule has 1 aromatic carbocycles. The maximum absolute atomic E-state index is 4.28. The Labute approximate surface area is 94.5 Å². The van der Waals surface area contributed by atoms with E-state index >= 15 is 0 Å². The van der Waals surface area contributed by atoms with E-state index in [1.165, 1.54) is 0 Å². The summed E-state index contributed by atoms with van der Waals surface area (Å²) in [7, 11) is 0. The molecular formula is C8H6IN3S. The number of nitrogens with zero attached hydrogens (tertiary/aromatic N) is 2. The lowest BCUT2D eigenvalue weighted by Crippen LogP contribution is -1.82. The van der Waals surface area contributed by atoms with Crippen LogP contribution in [0, 0.1) is 3.57 Å². The Hall–Kier alpha value is -0.560. The molecule has 0 fully saturated rings. The highest BCUT2D eigenvalue weighted by atomic mass is 127. The van der Waals surface area contributed by atoms with Gasteiger partial charge in [-0.2, -0.15) is 5.10 Å². The van der Waals surface area contributed by atoms with E-state index in [1.807, 2.05) is 18.2 Å². The second-order valence-electron chi connectivity index (χ2n) is 2.52. The summed E-state index contributed by atoms with van der Waals surface area (Å²) >= 11 is 6.53. The molecular weight excluding hydrogens is 297 g/mol. The largest absolute Gasteiger partial charge is 0.265 e. The Morgan fingerprint density at radius 1 is 1.31 bits per heavy atom. The minimum absolute atomic E-state index is 0.703. The van der Waals surface area contributed by atoms with E-state index in [-0.39, 0.29) is 0 Å². The number of aromatic nitrogens is 3. The molecule has 0 unspecified atom stereocenters. The Balaban J connectivity index is 2.53. The van der Waals surface area contributed by atoms with Gasteiger partial charge < -0.3 is 0 Å². The standard InChI is InChI=1S/C8H6IN3S/c9-6-1-5(2-7(13)3-6)8-10-4-11-12-8/h1-4,13H,(H,10,11,12). The van der Waals surface area contributed by atoms with E-state index in [1.54, 1.807) is 6.33 Å². The van der Waals surface area contributed by atoms with Crippen molar-refractivity contribution in [1.29, 1.82) is 0 Å². The average Bonchev–Trinajstić information content (AvgIpc) is 2.53. The molecule has 5 heteroatoms. The average molecular weight is 303 g/mol. The molecule has 0 radical (unpaired) electrons. The Morgan fingerprint density at radius 3 is 2.77 bits per heavy atom. The van der Waals surface area contributed by atoms with Crippen molar-refractivity contribution in [2.75, 3.05) is 0 Å². The summed E-state index contributed by atoms with van der Waals surface area (Å²) in [5, 5.41) is 6.67. The maximum Gasteiger partial charge on any atom is 0.180 e. The van der Waals surface area contributed by atoms with Crippen LogP contribution in [-0.4, -0.2) is 15.2 Å². The van der Waals surface area contributed by atoms with Gasteiger partial charge in [0.25, 0.3) is 0 Å². The highest BCUT2D eigenvalue weighted by Gasteiger charge is 2.02. The normalized spacial score (nSPS) is 10.3. The SMILES string of the molecule is Sc1cc(I)cc(-c2nc[nH]n2)c1. The van der Waals surface area contributed by atoms with E-state index in [2.05, 4.69) is 50.4 Å². The van der Waals surface area contributed by atoms with Crippen LogP contribution in [0.2, 0.25) is 0 Å². The number of H-pyrrole nitrogens is 1. The van der Waals surface area contributed by atoms with Gasteiger partial charge in [-0.05, 0) is 40.8 Å². The Morgan fingerprint density at radius 2 is 2.15 bits per heavy atom. The molecule has 0 amide bonds. The topological polar surface area (TPSA) is 41.6 Å². The van der Waals surface area contributed by atoms with Gasteiger partial charge in [0.1, 0.15) is 6.33 Å². The fourth-order valence-electron chi connectivity index (χ4n) is 1.05. The molecule has 1 aromatic heterocycles. The first kappa shape index (κ1) is 9.01. The third-order valence-corrected chi connectivity index (χ3v) is 2.44. The van der Waals surface area contributed by atoms with E-state index in [0.29, 0.717) is 5.82 Å². The first-order chi connectivity index (χ1) is 6.25. The van der Waals surface area contributed by atoms with Crippen LogP contribution in [-0.2, 0) is 0 Å². The smallest absolute Gasteiger partial charge is 0.180 e. The number of nitrogens with one attached hydrogen (secondary N) is 1. The van der Waals surface area contributed by atoms with Crippen molar-refractivity contribution in [2.45, 2.75) is 4.90 Å². The van der Waals surface area contributed by atoms with E-state index in [4.69, 9.17) is 0 Å². The number of hydrogen-bond donors (Lipinski definition) is 2. The van der Waals surface area contributed by atoms with Crippen LogP contribution in [0.3, 0.4) is 0 Å². The van der Waals surface area contributed by atoms with Gasteiger partial charge in [0.15, 0.2) is 5.82 Å². The van der Waals surface area contributed by atoms with Gasteiger partial charge in [-0.1, -0.05) is 0 Å². The molecule has 0 atom stereocenters. The predicted octanol–water partition coefficient (Wildman–Crippen LogP) is 2.37. The predicted molar refractivity (Wildman–Crippen MR) is 61.8 cm³/mol. The summed E-state index contributed by atoms with van der Waals surface area (Å²) in [4.78, 5) is 4.99. The molecule has 2 rings (SSSR count). The van der Waals surface area contributed by atoms with Gasteiger partial charge >= 0.3 is 0 Å². The second-order valence-corrected chi connectivity index (χ2v) is 4.28. The molecule has 0 spiro atoms. The highest BCUT2D eigenvalue weighted by molar-refractivity contribution is 14.1. The summed E-state index contributed by atoms with van der Waals surface area (Å²) in [5.41, 5.74) is 0.984. The lowest BCUT2D eigenvalue weighted by molar-refractivity contribution is 1.09. The monoisotopic (exact) mass is 303 g/mol. The third-order valence-electron chi connectivity index (χ3n) is 1.56. The third kappa shape index (κ3) is 2.02. The van der Waals surface area contributed by atoms with Crippen LogP contribution >= 0.6 is 35.2 Å². The minimum atomic E-state index is 0.703. The van der Waals surface area contributed by atoms with Crippen molar-refractivity contribution >= 4 is 35.2 Å². The molecule has 0 bridgehead atoms. The van der Waals surface area contributed by atoms with E-state index in [9.17, 15) is 0 Å². The molecule has 66 valence electrons. The number of aromatic amines is 1. The molecule has 3 nitrogen and oxygen atoms in total. The summed E-state index contributed by atoms with van der Waals surface area (Å²) in [6, 6.07) is 5.94. The fraction of sp³-hybridized carbons (Fsp3) is 0. The van der Waals surface area contributed by atoms with Crippen molar-refractivity contribution in [1.82, 2.24) is 15.2 Å². The zero-order valence-electron chi connectivity index (χ0n) is 6.53. The van der Waals surface area contributed by atoms with Gasteiger partial charge in [0.2, 0.25) is 0 Å². The quantitative estimate of drug-likeness (QED) is 0.627. The minimum Gasteiger partial charge on any atom is -0.265 e. The number of benzene rings is 1. The summed E-state index contributed by atoms with van der Waals surface area (Å²) < 4.78 is 1.13. The summed E-state index contributed by atoms with van der Waals surface area (Å²) in [6.07, 6.45) is 1.56. The fourth-order valence-corrected chi connectivity index (χ4v) is 2.25. The van der Waals surface area contributed by atoms with Gasteiger partial charge in [0, 0.05) is 14.0 Å². The Bertz CT molecular complexity index is 393. The molecule has 0 aliphatic rings. The molecule has 0 saturated carbocycles. The van der Waals surface area contributed by atoms with E-state index < -0.39 is 0 Å². The molecule has 0 aliphatic carbocycles. The molecule has 13 heavy (non-hydrogen) atoms. The molecule has 1 N–H and O–H groups in total. The number of halogens is 1. The Kier molecular flexibility index (Phi) is 2.54. The highest BCUT2D eigenvalue weighted by Crippen LogP contribution is 2.21. The second kappa shape index (κ2) is 3.67. The van der Waals surface area contributed by atoms with Gasteiger partial charge in [-0.25, -0.2) is 4.98 Å². The van der Waals surface area contributed by atoms with Crippen molar-refractivity contribution in [3.63, 3.8) is 0 Å². The number of rotatable bonds is 1. The van der Waals surface area contributed by atoms with Crippen LogP contribution in [0.1, 0.15) is 0 Å². The zero-order valence-corrected chi connectivity index (χ0v) is 9.58. The van der Waals surface area contributed by atoms with Gasteiger partial charge in [0.05, 0.1) is 0 Å². The molecule has 0 aliphatic heterocycles. The summed E-state index contributed by atoms with van der Waals surface area (Å²) in [6.45, 7) is 0.